The molecule has 0 unspecified atom stereocenters. The number of carbonyl (C=O) groups excluding carboxylic acids is 2. The highest BCUT2D eigenvalue weighted by atomic mass is 79.9. The third-order valence-electron chi connectivity index (χ3n) is 4.82. The fraction of sp³-hybridized carbons (Fsp3) is 0.273. The van der Waals surface area contributed by atoms with Crippen LogP contribution >= 0.6 is 15.9 Å². The van der Waals surface area contributed by atoms with Gasteiger partial charge in [0.25, 0.3) is 0 Å². The van der Waals surface area contributed by atoms with E-state index in [2.05, 4.69) is 21.2 Å². The monoisotopic (exact) mass is 442 g/mol. The van der Waals surface area contributed by atoms with Crippen molar-refractivity contribution < 1.29 is 14.3 Å². The van der Waals surface area contributed by atoms with E-state index in [1.54, 1.807) is 18.1 Å². The number of hydrogen-bond donors (Lipinski definition) is 1. The maximum absolute atomic E-state index is 12.5. The minimum Gasteiger partial charge on any atom is -0.497 e. The quantitative estimate of drug-likeness (QED) is 0.700. The van der Waals surface area contributed by atoms with E-state index in [0.29, 0.717) is 25.9 Å². The van der Waals surface area contributed by atoms with Gasteiger partial charge in [-0.15, -0.1) is 0 Å². The number of halogens is 1. The smallest absolute Gasteiger partial charge is 0.246 e. The van der Waals surface area contributed by atoms with Gasteiger partial charge in [-0.05, 0) is 60.9 Å². The Labute approximate surface area is 173 Å². The fourth-order valence-electron chi connectivity index (χ4n) is 3.13. The predicted octanol–water partition coefficient (Wildman–Crippen LogP) is 4.35. The van der Waals surface area contributed by atoms with Crippen molar-refractivity contribution in [3.8, 4) is 5.75 Å². The van der Waals surface area contributed by atoms with Gasteiger partial charge in [0.2, 0.25) is 11.8 Å². The Morgan fingerprint density at radius 3 is 2.32 bits per heavy atom. The Bertz CT molecular complexity index is 839. The van der Waals surface area contributed by atoms with Crippen LogP contribution in [0.25, 0.3) is 6.08 Å². The molecular weight excluding hydrogens is 420 g/mol. The molecule has 146 valence electrons. The summed E-state index contributed by atoms with van der Waals surface area (Å²) in [6.45, 7) is 1.18. The normalized spacial score (nSPS) is 14.9. The van der Waals surface area contributed by atoms with E-state index >= 15 is 0 Å². The highest BCUT2D eigenvalue weighted by Gasteiger charge is 2.26. The number of anilines is 1. The van der Waals surface area contributed by atoms with Crippen molar-refractivity contribution in [1.29, 1.82) is 0 Å². The standard InChI is InChI=1S/C22H23BrN2O3/c1-28-20-9-7-19(8-10-20)24-22(27)17-12-14-25(15-13-17)21(26)11-4-16-2-5-18(23)6-3-16/h2-11,17H,12-15H2,1H3,(H,24,27)/b11-4+. The molecule has 0 atom stereocenters. The molecule has 1 fully saturated rings. The van der Waals surface area contributed by atoms with Gasteiger partial charge in [-0.1, -0.05) is 28.1 Å². The zero-order valence-electron chi connectivity index (χ0n) is 15.7. The Morgan fingerprint density at radius 1 is 1.07 bits per heavy atom. The summed E-state index contributed by atoms with van der Waals surface area (Å²) in [5.41, 5.74) is 1.73. The summed E-state index contributed by atoms with van der Waals surface area (Å²) in [6, 6.07) is 15.1. The molecule has 0 aliphatic carbocycles. The molecule has 0 bridgehead atoms. The molecule has 0 radical (unpaired) electrons. The second kappa shape index (κ2) is 9.55. The topological polar surface area (TPSA) is 58.6 Å². The number of carbonyl (C=O) groups is 2. The van der Waals surface area contributed by atoms with E-state index in [4.69, 9.17) is 4.74 Å². The van der Waals surface area contributed by atoms with E-state index in [0.717, 1.165) is 21.5 Å². The van der Waals surface area contributed by atoms with Crippen molar-refractivity contribution in [1.82, 2.24) is 4.90 Å². The number of methoxy groups -OCH3 is 1. The van der Waals surface area contributed by atoms with E-state index in [1.165, 1.54) is 0 Å². The van der Waals surface area contributed by atoms with Crippen LogP contribution in [0.15, 0.2) is 59.1 Å². The number of ether oxygens (including phenoxy) is 1. The minimum absolute atomic E-state index is 0.00247. The van der Waals surface area contributed by atoms with Gasteiger partial charge < -0.3 is 15.0 Å². The van der Waals surface area contributed by atoms with Crippen LogP contribution in [-0.2, 0) is 9.59 Å². The number of nitrogens with zero attached hydrogens (tertiary/aromatic N) is 1. The van der Waals surface area contributed by atoms with Crippen molar-refractivity contribution >= 4 is 39.5 Å². The Morgan fingerprint density at radius 2 is 1.71 bits per heavy atom. The lowest BCUT2D eigenvalue weighted by molar-refractivity contribution is -0.130. The summed E-state index contributed by atoms with van der Waals surface area (Å²) in [5, 5.41) is 2.94. The molecule has 2 aromatic carbocycles. The molecule has 6 heteroatoms. The van der Waals surface area contributed by atoms with Gasteiger partial charge in [-0.25, -0.2) is 0 Å². The second-order valence-electron chi connectivity index (χ2n) is 6.70. The molecule has 0 aromatic heterocycles. The van der Waals surface area contributed by atoms with Crippen molar-refractivity contribution in [2.75, 3.05) is 25.5 Å². The van der Waals surface area contributed by atoms with Crippen LogP contribution in [0.1, 0.15) is 18.4 Å². The van der Waals surface area contributed by atoms with Gasteiger partial charge in [0, 0.05) is 35.2 Å². The molecule has 1 aliphatic rings. The summed E-state index contributed by atoms with van der Waals surface area (Å²) in [6.07, 6.45) is 4.75. The molecule has 3 rings (SSSR count). The molecule has 1 heterocycles. The molecule has 0 spiro atoms. The van der Waals surface area contributed by atoms with Crippen LogP contribution in [0.5, 0.6) is 5.75 Å². The number of hydrogen-bond acceptors (Lipinski definition) is 3. The number of rotatable bonds is 5. The maximum Gasteiger partial charge on any atom is 0.246 e. The zero-order valence-corrected chi connectivity index (χ0v) is 17.3. The fourth-order valence-corrected chi connectivity index (χ4v) is 3.39. The molecular formula is C22H23BrN2O3. The zero-order chi connectivity index (χ0) is 19.9. The molecule has 2 aromatic rings. The number of nitrogens with one attached hydrogen (secondary N) is 1. The van der Waals surface area contributed by atoms with Crippen LogP contribution < -0.4 is 10.1 Å². The number of benzene rings is 2. The molecule has 1 N–H and O–H groups in total. The Hall–Kier alpha value is -2.60. The van der Waals surface area contributed by atoms with Gasteiger partial charge >= 0.3 is 0 Å². The summed E-state index contributed by atoms with van der Waals surface area (Å²) < 4.78 is 6.13. The highest BCUT2D eigenvalue weighted by molar-refractivity contribution is 9.10. The number of likely N-dealkylation sites (tertiary alicyclic amines) is 1. The molecule has 28 heavy (non-hydrogen) atoms. The number of piperidine rings is 1. The van der Waals surface area contributed by atoms with Gasteiger partial charge in [0.15, 0.2) is 0 Å². The number of amides is 2. The molecule has 1 saturated heterocycles. The largest absolute Gasteiger partial charge is 0.497 e. The van der Waals surface area contributed by atoms with Gasteiger partial charge in [-0.3, -0.25) is 9.59 Å². The summed E-state index contributed by atoms with van der Waals surface area (Å²) in [5.74, 6) is 0.655. The first kappa shape index (κ1) is 20.1. The minimum atomic E-state index is -0.0818. The average molecular weight is 443 g/mol. The first-order valence-electron chi connectivity index (χ1n) is 9.22. The summed E-state index contributed by atoms with van der Waals surface area (Å²) >= 11 is 3.39. The average Bonchev–Trinajstić information content (AvgIpc) is 2.73. The van der Waals surface area contributed by atoms with Gasteiger partial charge in [-0.2, -0.15) is 0 Å². The summed E-state index contributed by atoms with van der Waals surface area (Å²) in [4.78, 5) is 26.7. The molecule has 0 saturated carbocycles. The first-order valence-corrected chi connectivity index (χ1v) is 10.0. The molecule has 5 nitrogen and oxygen atoms in total. The molecule has 1 aliphatic heterocycles. The van der Waals surface area contributed by atoms with Crippen LogP contribution in [0.4, 0.5) is 5.69 Å². The Balaban J connectivity index is 1.48. The van der Waals surface area contributed by atoms with E-state index in [1.807, 2.05) is 54.6 Å². The first-order chi connectivity index (χ1) is 13.5. The van der Waals surface area contributed by atoms with Crippen LogP contribution in [0, 0.1) is 5.92 Å². The molecule has 2 amide bonds. The van der Waals surface area contributed by atoms with E-state index < -0.39 is 0 Å². The third kappa shape index (κ3) is 5.45. The SMILES string of the molecule is COc1ccc(NC(=O)C2CCN(C(=O)/C=C/c3ccc(Br)cc3)CC2)cc1. The van der Waals surface area contributed by atoms with Crippen LogP contribution in [0.3, 0.4) is 0 Å². The van der Waals surface area contributed by atoms with Gasteiger partial charge in [0.1, 0.15) is 5.75 Å². The van der Waals surface area contributed by atoms with Crippen molar-refractivity contribution in [3.05, 3.63) is 64.6 Å². The third-order valence-corrected chi connectivity index (χ3v) is 5.35. The van der Waals surface area contributed by atoms with Crippen molar-refractivity contribution in [3.63, 3.8) is 0 Å². The summed E-state index contributed by atoms with van der Waals surface area (Å²) in [7, 11) is 1.61. The second-order valence-corrected chi connectivity index (χ2v) is 7.62. The van der Waals surface area contributed by atoms with E-state index in [-0.39, 0.29) is 17.7 Å². The van der Waals surface area contributed by atoms with Crippen molar-refractivity contribution in [2.45, 2.75) is 12.8 Å². The predicted molar refractivity (Wildman–Crippen MR) is 114 cm³/mol. The lowest BCUT2D eigenvalue weighted by atomic mass is 9.95. The maximum atomic E-state index is 12.5. The van der Waals surface area contributed by atoms with Crippen molar-refractivity contribution in [2.24, 2.45) is 5.92 Å². The lowest BCUT2D eigenvalue weighted by Gasteiger charge is -2.30. The Kier molecular flexibility index (Phi) is 6.87. The lowest BCUT2D eigenvalue weighted by Crippen LogP contribution is -2.40. The van der Waals surface area contributed by atoms with Crippen LogP contribution in [-0.4, -0.2) is 36.9 Å². The van der Waals surface area contributed by atoms with Crippen LogP contribution in [0.2, 0.25) is 0 Å². The van der Waals surface area contributed by atoms with Gasteiger partial charge in [0.05, 0.1) is 7.11 Å². The van der Waals surface area contributed by atoms with E-state index in [9.17, 15) is 9.59 Å². The highest BCUT2D eigenvalue weighted by Crippen LogP contribution is 2.21.